The average molecular weight is 513 g/mol. The van der Waals surface area contributed by atoms with Crippen LogP contribution in [0.4, 0.5) is 0 Å². The number of rotatable bonds is 8. The number of H-pyrrole nitrogens is 1. The summed E-state index contributed by atoms with van der Waals surface area (Å²) in [4.78, 5) is 32.7. The molecule has 2 heterocycles. The molecule has 0 spiro atoms. The highest BCUT2D eigenvalue weighted by Gasteiger charge is 2.33. The lowest BCUT2D eigenvalue weighted by molar-refractivity contribution is -0.130. The van der Waals surface area contributed by atoms with E-state index in [9.17, 15) is 9.59 Å². The summed E-state index contributed by atoms with van der Waals surface area (Å²) in [5, 5.41) is 9.12. The Morgan fingerprint density at radius 1 is 1.08 bits per heavy atom. The van der Waals surface area contributed by atoms with Crippen molar-refractivity contribution in [1.82, 2.24) is 15.0 Å². The van der Waals surface area contributed by atoms with E-state index in [1.807, 2.05) is 43.3 Å². The van der Waals surface area contributed by atoms with Gasteiger partial charge in [-0.05, 0) is 46.5 Å². The summed E-state index contributed by atoms with van der Waals surface area (Å²) in [6.45, 7) is 2.04. The van der Waals surface area contributed by atoms with Gasteiger partial charge in [0.1, 0.15) is 5.75 Å². The molecular weight excluding hydrogens is 484 g/mol. The first-order valence-electron chi connectivity index (χ1n) is 12.3. The van der Waals surface area contributed by atoms with Crippen LogP contribution in [-0.4, -0.2) is 39.5 Å². The molecule has 0 fully saturated rings. The van der Waals surface area contributed by atoms with E-state index < -0.39 is 0 Å². The summed E-state index contributed by atoms with van der Waals surface area (Å²) in [5.74, 6) is 0.720. The zero-order chi connectivity index (χ0) is 25.8. The maximum atomic E-state index is 13.5. The monoisotopic (exact) mass is 512 g/mol. The number of aromatic nitrogens is 2. The molecule has 0 radical (unpaired) electrons. The number of hydrogen-bond donors (Lipinski definition) is 1. The number of carbonyl (C=O) groups is 1. The van der Waals surface area contributed by atoms with Gasteiger partial charge >= 0.3 is 0 Å². The van der Waals surface area contributed by atoms with Crippen LogP contribution >= 0.6 is 11.8 Å². The van der Waals surface area contributed by atoms with Gasteiger partial charge in [0, 0.05) is 18.2 Å². The second-order valence-electron chi connectivity index (χ2n) is 8.92. The first-order chi connectivity index (χ1) is 18.0. The summed E-state index contributed by atoms with van der Waals surface area (Å²) >= 11 is 1.22. The molecule has 8 heteroatoms. The van der Waals surface area contributed by atoms with Crippen molar-refractivity contribution in [2.45, 2.75) is 37.4 Å². The third kappa shape index (κ3) is 5.59. The van der Waals surface area contributed by atoms with E-state index in [1.54, 1.807) is 12.1 Å². The average Bonchev–Trinajstić information content (AvgIpc) is 3.37. The second kappa shape index (κ2) is 11.0. The Morgan fingerprint density at radius 3 is 2.62 bits per heavy atom. The molecule has 1 aliphatic rings. The molecule has 0 unspecified atom stereocenters. The number of ether oxygens (including phenoxy) is 1. The zero-order valence-electron chi connectivity index (χ0n) is 20.8. The van der Waals surface area contributed by atoms with Gasteiger partial charge in [-0.15, -0.1) is 0 Å². The Bertz CT molecular complexity index is 1510. The van der Waals surface area contributed by atoms with E-state index in [2.05, 4.69) is 40.3 Å². The van der Waals surface area contributed by atoms with Crippen LogP contribution in [0.3, 0.4) is 0 Å². The van der Waals surface area contributed by atoms with E-state index in [0.717, 1.165) is 51.9 Å². The van der Waals surface area contributed by atoms with Crippen molar-refractivity contribution in [3.8, 4) is 5.75 Å². The van der Waals surface area contributed by atoms with Crippen LogP contribution in [0.25, 0.3) is 10.8 Å². The van der Waals surface area contributed by atoms with E-state index in [0.29, 0.717) is 11.6 Å². The third-order valence-electron chi connectivity index (χ3n) is 6.36. The molecule has 1 amide bonds. The van der Waals surface area contributed by atoms with E-state index in [1.165, 1.54) is 17.8 Å². The number of hydrogen-bond acceptors (Lipinski definition) is 6. The lowest BCUT2D eigenvalue weighted by Gasteiger charge is -2.22. The number of aromatic amines is 1. The fourth-order valence-electron chi connectivity index (χ4n) is 4.50. The molecule has 7 nitrogen and oxygen atoms in total. The molecule has 188 valence electrons. The van der Waals surface area contributed by atoms with Crippen molar-refractivity contribution in [3.05, 3.63) is 100.0 Å². The maximum Gasteiger partial charge on any atom is 0.253 e. The number of methoxy groups -OCH3 is 1. The highest BCUT2D eigenvalue weighted by Crippen LogP contribution is 2.35. The molecule has 0 bridgehead atoms. The van der Waals surface area contributed by atoms with Gasteiger partial charge in [0.05, 0.1) is 24.6 Å². The van der Waals surface area contributed by atoms with Crippen molar-refractivity contribution >= 4 is 34.2 Å². The fraction of sp³-hybridized carbons (Fsp3) is 0.241. The van der Waals surface area contributed by atoms with Gasteiger partial charge in [-0.3, -0.25) is 9.59 Å². The topological polar surface area (TPSA) is 87.7 Å². The molecule has 1 N–H and O–H groups in total. The smallest absolute Gasteiger partial charge is 0.253 e. The lowest BCUT2D eigenvalue weighted by Crippen LogP contribution is -2.28. The Labute approximate surface area is 219 Å². The number of nitrogens with one attached hydrogen (secondary N) is 1. The van der Waals surface area contributed by atoms with Crippen LogP contribution in [0.2, 0.25) is 0 Å². The number of thioether (sulfide) groups is 1. The van der Waals surface area contributed by atoms with Gasteiger partial charge in [0.25, 0.3) is 11.5 Å². The molecule has 4 aromatic rings. The van der Waals surface area contributed by atoms with Crippen LogP contribution in [0.15, 0.2) is 87.8 Å². The quantitative estimate of drug-likeness (QED) is 0.254. The highest BCUT2D eigenvalue weighted by atomic mass is 32.2. The first kappa shape index (κ1) is 24.8. The minimum Gasteiger partial charge on any atom is -0.497 e. The van der Waals surface area contributed by atoms with Crippen LogP contribution in [-0.2, 0) is 11.2 Å². The van der Waals surface area contributed by atoms with Gasteiger partial charge in [-0.2, -0.15) is 5.10 Å². The molecule has 37 heavy (non-hydrogen) atoms. The third-order valence-corrected chi connectivity index (χ3v) is 7.22. The van der Waals surface area contributed by atoms with E-state index >= 15 is 0 Å². The summed E-state index contributed by atoms with van der Waals surface area (Å²) in [6.07, 6.45) is 2.21. The first-order valence-corrected chi connectivity index (χ1v) is 13.3. The minimum atomic E-state index is -0.237. The zero-order valence-corrected chi connectivity index (χ0v) is 21.6. The number of benzene rings is 3. The van der Waals surface area contributed by atoms with Crippen LogP contribution in [0.5, 0.6) is 5.75 Å². The van der Waals surface area contributed by atoms with Gasteiger partial charge in [-0.25, -0.2) is 9.99 Å². The largest absolute Gasteiger partial charge is 0.497 e. The number of aryl methyl sites for hydroxylation is 1. The summed E-state index contributed by atoms with van der Waals surface area (Å²) in [6, 6.07) is 23.5. The number of hydrazone groups is 1. The number of nitrogens with zero attached hydrogens (tertiary/aromatic N) is 3. The molecule has 3 aromatic carbocycles. The van der Waals surface area contributed by atoms with Crippen molar-refractivity contribution < 1.29 is 9.53 Å². The molecule has 5 rings (SSSR count). The molecule has 1 atom stereocenters. The number of fused-ring (bicyclic) bond motifs is 1. The number of amides is 1. The lowest BCUT2D eigenvalue weighted by atomic mass is 9.97. The van der Waals surface area contributed by atoms with Crippen LogP contribution in [0.1, 0.15) is 42.6 Å². The van der Waals surface area contributed by atoms with Crippen LogP contribution in [0, 0.1) is 0 Å². The maximum absolute atomic E-state index is 13.5. The molecule has 1 aromatic heterocycles. The molecule has 0 saturated heterocycles. The van der Waals surface area contributed by atoms with Crippen molar-refractivity contribution in [3.63, 3.8) is 0 Å². The van der Waals surface area contributed by atoms with Gasteiger partial charge < -0.3 is 9.72 Å². The SMILES string of the molecule is CCCc1cc(=O)[nH]c(SCC(=O)N2N=C(c3ccc4ccccc4c3)C[C@H]2c2ccc(OC)cc2)n1. The minimum absolute atomic E-state index is 0.111. The molecule has 1 aliphatic heterocycles. The summed E-state index contributed by atoms with van der Waals surface area (Å²) in [5.41, 5.74) is 3.37. The van der Waals surface area contributed by atoms with Crippen molar-refractivity contribution in [1.29, 1.82) is 0 Å². The Kier molecular flexibility index (Phi) is 7.37. The summed E-state index contributed by atoms with van der Waals surface area (Å²) < 4.78 is 5.31. The van der Waals surface area contributed by atoms with Crippen molar-refractivity contribution in [2.75, 3.05) is 12.9 Å². The molecule has 0 saturated carbocycles. The van der Waals surface area contributed by atoms with Gasteiger partial charge in [0.15, 0.2) is 5.16 Å². The Morgan fingerprint density at radius 2 is 1.86 bits per heavy atom. The Hall–Kier alpha value is -3.91. The van der Waals surface area contributed by atoms with E-state index in [-0.39, 0.29) is 23.3 Å². The Balaban J connectivity index is 1.42. The fourth-order valence-corrected chi connectivity index (χ4v) is 5.25. The normalized spacial score (nSPS) is 15.1. The van der Waals surface area contributed by atoms with Gasteiger partial charge in [-0.1, -0.05) is 73.6 Å². The predicted molar refractivity (Wildman–Crippen MR) is 147 cm³/mol. The molecular formula is C29H28N4O3S. The van der Waals surface area contributed by atoms with Gasteiger partial charge in [0.2, 0.25) is 0 Å². The van der Waals surface area contributed by atoms with E-state index in [4.69, 9.17) is 9.84 Å². The highest BCUT2D eigenvalue weighted by molar-refractivity contribution is 7.99. The standard InChI is InChI=1S/C29H28N4O3S/c1-3-6-23-16-27(34)31-29(30-23)37-18-28(35)33-26(20-11-13-24(36-2)14-12-20)17-25(32-33)22-10-9-19-7-4-5-8-21(19)15-22/h4-5,7-16,26H,3,6,17-18H2,1-2H3,(H,30,31,34)/t26-/m0/s1. The summed E-state index contributed by atoms with van der Waals surface area (Å²) in [7, 11) is 1.63. The predicted octanol–water partition coefficient (Wildman–Crippen LogP) is 5.35. The number of carbonyl (C=O) groups excluding carboxylic acids is 1. The second-order valence-corrected chi connectivity index (χ2v) is 9.88. The van der Waals surface area contributed by atoms with Crippen LogP contribution < -0.4 is 10.3 Å². The van der Waals surface area contributed by atoms with Crippen molar-refractivity contribution in [2.24, 2.45) is 5.10 Å². The molecule has 0 aliphatic carbocycles.